The highest BCUT2D eigenvalue weighted by molar-refractivity contribution is 5.69. The number of furan rings is 1. The zero-order valence-electron chi connectivity index (χ0n) is 10.3. The maximum absolute atomic E-state index is 11.0. The topological polar surface area (TPSA) is 65.5 Å². The van der Waals surface area contributed by atoms with Crippen molar-refractivity contribution in [2.75, 3.05) is 7.11 Å². The summed E-state index contributed by atoms with van der Waals surface area (Å²) < 4.78 is 10.3. The summed E-state index contributed by atoms with van der Waals surface area (Å²) in [5.41, 5.74) is 5.97. The lowest BCUT2D eigenvalue weighted by Gasteiger charge is -2.07. The Kier molecular flexibility index (Phi) is 3.52. The first kappa shape index (κ1) is 12.2. The average Bonchev–Trinajstić information content (AvgIpc) is 2.87. The Balaban J connectivity index is 1.88. The molecule has 1 fully saturated rings. The number of hydrogen-bond donors (Lipinski definition) is 1. The van der Waals surface area contributed by atoms with Crippen LogP contribution in [0.2, 0.25) is 0 Å². The van der Waals surface area contributed by atoms with Crippen LogP contribution in [-0.2, 0) is 9.53 Å². The van der Waals surface area contributed by atoms with Crippen molar-refractivity contribution in [3.8, 4) is 0 Å². The normalized spacial score (nSPS) is 24.4. The first-order valence-electron chi connectivity index (χ1n) is 6.04. The van der Waals surface area contributed by atoms with Crippen LogP contribution in [0, 0.1) is 5.92 Å². The van der Waals surface area contributed by atoms with Crippen LogP contribution in [0.5, 0.6) is 0 Å². The van der Waals surface area contributed by atoms with Crippen molar-refractivity contribution < 1.29 is 13.9 Å². The second-order valence-corrected chi connectivity index (χ2v) is 4.78. The predicted molar refractivity (Wildman–Crippen MR) is 63.4 cm³/mol. The number of carbonyl (C=O) groups excluding carboxylic acids is 1. The maximum atomic E-state index is 11.0. The SMILES string of the molecule is COC(=O)CCC(N)c1ccc(C2CC2C)o1. The molecular weight excluding hydrogens is 218 g/mol. The number of esters is 1. The van der Waals surface area contributed by atoms with Gasteiger partial charge < -0.3 is 14.9 Å². The Morgan fingerprint density at radius 1 is 1.65 bits per heavy atom. The van der Waals surface area contributed by atoms with E-state index in [1.54, 1.807) is 0 Å². The van der Waals surface area contributed by atoms with Gasteiger partial charge in [0.2, 0.25) is 0 Å². The molecule has 1 aliphatic carbocycles. The molecule has 94 valence electrons. The molecule has 0 spiro atoms. The Bertz CT molecular complexity index is 399. The van der Waals surface area contributed by atoms with Crippen molar-refractivity contribution in [2.45, 2.75) is 38.1 Å². The predicted octanol–water partition coefficient (Wildman–Crippen LogP) is 2.36. The average molecular weight is 237 g/mol. The standard InChI is InChI=1S/C13H19NO3/c1-8-7-9(8)11-4-5-12(17-11)10(14)3-6-13(15)16-2/h4-5,8-10H,3,6-7,14H2,1-2H3. The minimum absolute atomic E-state index is 0.225. The maximum Gasteiger partial charge on any atom is 0.305 e. The van der Waals surface area contributed by atoms with Gasteiger partial charge in [-0.15, -0.1) is 0 Å². The molecule has 4 nitrogen and oxygen atoms in total. The van der Waals surface area contributed by atoms with Gasteiger partial charge in [0.15, 0.2) is 0 Å². The Labute approximate surface area is 101 Å². The number of ether oxygens (including phenoxy) is 1. The zero-order chi connectivity index (χ0) is 12.4. The van der Waals surface area contributed by atoms with E-state index in [9.17, 15) is 4.79 Å². The molecule has 3 atom stereocenters. The van der Waals surface area contributed by atoms with Gasteiger partial charge >= 0.3 is 5.97 Å². The molecule has 3 unspecified atom stereocenters. The fourth-order valence-electron chi connectivity index (χ4n) is 2.00. The first-order valence-corrected chi connectivity index (χ1v) is 6.04. The van der Waals surface area contributed by atoms with Crippen LogP contribution in [0.15, 0.2) is 16.5 Å². The second-order valence-electron chi connectivity index (χ2n) is 4.78. The fraction of sp³-hybridized carbons (Fsp3) is 0.615. The van der Waals surface area contributed by atoms with Crippen LogP contribution in [-0.4, -0.2) is 13.1 Å². The lowest BCUT2D eigenvalue weighted by Crippen LogP contribution is -2.12. The number of rotatable bonds is 5. The quantitative estimate of drug-likeness (QED) is 0.798. The van der Waals surface area contributed by atoms with E-state index in [4.69, 9.17) is 10.2 Å². The van der Waals surface area contributed by atoms with E-state index in [0.29, 0.717) is 18.8 Å². The van der Waals surface area contributed by atoms with Crippen LogP contribution in [0.4, 0.5) is 0 Å². The Hall–Kier alpha value is -1.29. The van der Waals surface area contributed by atoms with E-state index in [2.05, 4.69) is 11.7 Å². The number of hydrogen-bond acceptors (Lipinski definition) is 4. The summed E-state index contributed by atoms with van der Waals surface area (Å²) in [4.78, 5) is 11.0. The molecule has 0 aromatic carbocycles. The molecular formula is C13H19NO3. The van der Waals surface area contributed by atoms with Crippen molar-refractivity contribution in [3.63, 3.8) is 0 Å². The highest BCUT2D eigenvalue weighted by Gasteiger charge is 2.36. The Morgan fingerprint density at radius 2 is 2.35 bits per heavy atom. The number of methoxy groups -OCH3 is 1. The lowest BCUT2D eigenvalue weighted by atomic mass is 10.1. The third-order valence-corrected chi connectivity index (χ3v) is 3.38. The molecule has 0 aliphatic heterocycles. The van der Waals surface area contributed by atoms with E-state index in [0.717, 1.165) is 17.4 Å². The monoisotopic (exact) mass is 237 g/mol. The molecule has 0 saturated heterocycles. The van der Waals surface area contributed by atoms with Gasteiger partial charge in [-0.1, -0.05) is 6.92 Å². The molecule has 1 aliphatic rings. The number of nitrogens with two attached hydrogens (primary N) is 1. The Morgan fingerprint density at radius 3 is 2.94 bits per heavy atom. The van der Waals surface area contributed by atoms with Crippen molar-refractivity contribution in [1.29, 1.82) is 0 Å². The van der Waals surface area contributed by atoms with Gasteiger partial charge in [0, 0.05) is 12.3 Å². The van der Waals surface area contributed by atoms with Crippen LogP contribution in [0.25, 0.3) is 0 Å². The van der Waals surface area contributed by atoms with E-state index in [1.807, 2.05) is 12.1 Å². The minimum Gasteiger partial charge on any atom is -0.469 e. The third-order valence-electron chi connectivity index (χ3n) is 3.38. The van der Waals surface area contributed by atoms with Crippen molar-refractivity contribution in [3.05, 3.63) is 23.7 Å². The second kappa shape index (κ2) is 4.92. The van der Waals surface area contributed by atoms with Gasteiger partial charge in [0.25, 0.3) is 0 Å². The van der Waals surface area contributed by atoms with Gasteiger partial charge in [0.1, 0.15) is 11.5 Å². The molecule has 2 N–H and O–H groups in total. The molecule has 2 rings (SSSR count). The van der Waals surface area contributed by atoms with Gasteiger partial charge in [-0.2, -0.15) is 0 Å². The van der Waals surface area contributed by atoms with E-state index >= 15 is 0 Å². The summed E-state index contributed by atoms with van der Waals surface area (Å²) in [6, 6.07) is 3.70. The van der Waals surface area contributed by atoms with Gasteiger partial charge in [0.05, 0.1) is 13.2 Å². The fourth-order valence-corrected chi connectivity index (χ4v) is 2.00. The van der Waals surface area contributed by atoms with Crippen LogP contribution in [0.1, 0.15) is 49.7 Å². The van der Waals surface area contributed by atoms with Crippen molar-refractivity contribution in [1.82, 2.24) is 0 Å². The molecule has 17 heavy (non-hydrogen) atoms. The minimum atomic E-state index is -0.233. The van der Waals surface area contributed by atoms with E-state index < -0.39 is 0 Å². The summed E-state index contributed by atoms with van der Waals surface area (Å²) in [6.07, 6.45) is 2.08. The molecule has 0 bridgehead atoms. The van der Waals surface area contributed by atoms with E-state index in [-0.39, 0.29) is 12.0 Å². The van der Waals surface area contributed by atoms with Crippen molar-refractivity contribution in [2.24, 2.45) is 11.7 Å². The molecule has 4 heteroatoms. The molecule has 1 aromatic heterocycles. The zero-order valence-corrected chi connectivity index (χ0v) is 10.3. The molecule has 0 radical (unpaired) electrons. The lowest BCUT2D eigenvalue weighted by molar-refractivity contribution is -0.140. The summed E-state index contributed by atoms with van der Waals surface area (Å²) in [6.45, 7) is 2.21. The third kappa shape index (κ3) is 2.88. The molecule has 0 amide bonds. The summed E-state index contributed by atoms with van der Waals surface area (Å²) >= 11 is 0. The summed E-state index contributed by atoms with van der Waals surface area (Å²) in [7, 11) is 1.38. The summed E-state index contributed by atoms with van der Waals surface area (Å²) in [5, 5.41) is 0. The molecule has 1 saturated carbocycles. The largest absolute Gasteiger partial charge is 0.469 e. The van der Waals surface area contributed by atoms with Gasteiger partial charge in [-0.3, -0.25) is 4.79 Å². The van der Waals surface area contributed by atoms with E-state index in [1.165, 1.54) is 13.5 Å². The van der Waals surface area contributed by atoms with Gasteiger partial charge in [-0.05, 0) is 30.9 Å². The van der Waals surface area contributed by atoms with Crippen LogP contribution < -0.4 is 5.73 Å². The molecule has 1 heterocycles. The summed E-state index contributed by atoms with van der Waals surface area (Å²) in [5.74, 6) is 2.85. The highest BCUT2D eigenvalue weighted by Crippen LogP contribution is 2.47. The van der Waals surface area contributed by atoms with Crippen LogP contribution in [0.3, 0.4) is 0 Å². The first-order chi connectivity index (χ1) is 8.11. The highest BCUT2D eigenvalue weighted by atomic mass is 16.5. The smallest absolute Gasteiger partial charge is 0.305 e. The van der Waals surface area contributed by atoms with Crippen molar-refractivity contribution >= 4 is 5.97 Å². The number of carbonyl (C=O) groups is 1. The van der Waals surface area contributed by atoms with Gasteiger partial charge in [-0.25, -0.2) is 0 Å². The molecule has 1 aromatic rings. The van der Waals surface area contributed by atoms with Crippen LogP contribution >= 0.6 is 0 Å².